The number of hydrogen-bond donors (Lipinski definition) is 0. The molecule has 31 heavy (non-hydrogen) atoms. The SMILES string of the molecule is CCCCCCC/C=C\[C@@H](C)C(=O)O[C@@H]1[C@H]2OC(C)(C)O[C@H]2O[C@@H]1[C@H]1COC(C)(C)O1. The molecule has 0 saturated carbocycles. The van der Waals surface area contributed by atoms with E-state index in [2.05, 4.69) is 13.0 Å². The Hall–Kier alpha value is -0.990. The molecule has 0 spiro atoms. The molecule has 0 unspecified atom stereocenters. The van der Waals surface area contributed by atoms with Crippen LogP contribution in [0.25, 0.3) is 0 Å². The Kier molecular flexibility index (Phi) is 8.19. The van der Waals surface area contributed by atoms with Gasteiger partial charge in [0.25, 0.3) is 0 Å². The van der Waals surface area contributed by atoms with Crippen LogP contribution < -0.4 is 0 Å². The quantitative estimate of drug-likeness (QED) is 0.282. The van der Waals surface area contributed by atoms with Gasteiger partial charge >= 0.3 is 5.97 Å². The molecule has 3 heterocycles. The average molecular weight is 441 g/mol. The van der Waals surface area contributed by atoms with Gasteiger partial charge in [0.1, 0.15) is 12.2 Å². The van der Waals surface area contributed by atoms with E-state index < -0.39 is 36.2 Å². The van der Waals surface area contributed by atoms with E-state index in [4.69, 9.17) is 28.4 Å². The van der Waals surface area contributed by atoms with Gasteiger partial charge in [0.05, 0.1) is 12.5 Å². The normalized spacial score (nSPS) is 34.8. The van der Waals surface area contributed by atoms with Crippen LogP contribution in [-0.4, -0.2) is 54.9 Å². The first-order valence-corrected chi connectivity index (χ1v) is 11.8. The lowest BCUT2D eigenvalue weighted by atomic mass is 10.0. The molecule has 3 aliphatic rings. The van der Waals surface area contributed by atoms with Crippen LogP contribution in [0.15, 0.2) is 12.2 Å². The Morgan fingerprint density at radius 2 is 1.77 bits per heavy atom. The summed E-state index contributed by atoms with van der Waals surface area (Å²) in [6.07, 6.45) is 8.60. The highest BCUT2D eigenvalue weighted by Gasteiger charge is 2.60. The van der Waals surface area contributed by atoms with Gasteiger partial charge in [0.15, 0.2) is 30.1 Å². The van der Waals surface area contributed by atoms with E-state index >= 15 is 0 Å². The lowest BCUT2D eigenvalue weighted by Crippen LogP contribution is -2.45. The van der Waals surface area contributed by atoms with Crippen molar-refractivity contribution in [3.63, 3.8) is 0 Å². The zero-order valence-electron chi connectivity index (χ0n) is 19.9. The van der Waals surface area contributed by atoms with E-state index in [0.29, 0.717) is 6.61 Å². The van der Waals surface area contributed by atoms with E-state index in [1.54, 1.807) is 0 Å². The molecule has 3 aliphatic heterocycles. The lowest BCUT2D eigenvalue weighted by molar-refractivity contribution is -0.235. The molecule has 3 fully saturated rings. The molecule has 0 N–H and O–H groups in total. The second-order valence-corrected chi connectivity index (χ2v) is 9.76. The van der Waals surface area contributed by atoms with Crippen LogP contribution in [0, 0.1) is 5.92 Å². The van der Waals surface area contributed by atoms with E-state index in [-0.39, 0.29) is 18.0 Å². The predicted molar refractivity (Wildman–Crippen MR) is 115 cm³/mol. The second-order valence-electron chi connectivity index (χ2n) is 9.76. The van der Waals surface area contributed by atoms with Crippen molar-refractivity contribution in [2.45, 2.75) is 122 Å². The smallest absolute Gasteiger partial charge is 0.312 e. The average Bonchev–Trinajstić information content (AvgIpc) is 3.30. The highest BCUT2D eigenvalue weighted by atomic mass is 16.8. The van der Waals surface area contributed by atoms with Gasteiger partial charge in [-0.25, -0.2) is 0 Å². The van der Waals surface area contributed by atoms with Crippen molar-refractivity contribution in [3.8, 4) is 0 Å². The van der Waals surface area contributed by atoms with Crippen molar-refractivity contribution in [2.75, 3.05) is 6.61 Å². The van der Waals surface area contributed by atoms with Crippen molar-refractivity contribution in [1.82, 2.24) is 0 Å². The Labute approximate surface area is 186 Å². The van der Waals surface area contributed by atoms with Gasteiger partial charge < -0.3 is 28.4 Å². The number of ether oxygens (including phenoxy) is 6. The van der Waals surface area contributed by atoms with Crippen LogP contribution in [0.4, 0.5) is 0 Å². The van der Waals surface area contributed by atoms with E-state index in [1.165, 1.54) is 25.7 Å². The zero-order valence-corrected chi connectivity index (χ0v) is 19.9. The fourth-order valence-corrected chi connectivity index (χ4v) is 4.30. The largest absolute Gasteiger partial charge is 0.456 e. The maximum atomic E-state index is 12.8. The Morgan fingerprint density at radius 3 is 2.45 bits per heavy atom. The van der Waals surface area contributed by atoms with Crippen LogP contribution in [0.3, 0.4) is 0 Å². The number of esters is 1. The number of allylic oxidation sites excluding steroid dienone is 1. The molecule has 0 aromatic rings. The summed E-state index contributed by atoms with van der Waals surface area (Å²) in [4.78, 5) is 12.8. The second kappa shape index (κ2) is 10.3. The van der Waals surface area contributed by atoms with Gasteiger partial charge in [-0.05, 0) is 47.5 Å². The topological polar surface area (TPSA) is 72.5 Å². The zero-order chi connectivity index (χ0) is 22.6. The minimum Gasteiger partial charge on any atom is -0.456 e. The summed E-state index contributed by atoms with van der Waals surface area (Å²) in [5.74, 6) is -2.13. The molecule has 0 aliphatic carbocycles. The molecular formula is C24H40O7. The first-order valence-electron chi connectivity index (χ1n) is 11.8. The number of rotatable bonds is 10. The number of unbranched alkanes of at least 4 members (excludes halogenated alkanes) is 5. The van der Waals surface area contributed by atoms with Crippen molar-refractivity contribution in [2.24, 2.45) is 5.92 Å². The van der Waals surface area contributed by atoms with Gasteiger partial charge in [0.2, 0.25) is 0 Å². The molecule has 3 saturated heterocycles. The Bertz CT molecular complexity index is 629. The van der Waals surface area contributed by atoms with E-state index in [0.717, 1.165) is 12.8 Å². The summed E-state index contributed by atoms with van der Waals surface area (Å²) in [6.45, 7) is 11.8. The third-order valence-corrected chi connectivity index (χ3v) is 5.95. The van der Waals surface area contributed by atoms with Crippen LogP contribution in [0.5, 0.6) is 0 Å². The van der Waals surface area contributed by atoms with Crippen LogP contribution in [0.2, 0.25) is 0 Å². The molecule has 0 radical (unpaired) electrons. The molecule has 3 rings (SSSR count). The predicted octanol–water partition coefficient (Wildman–Crippen LogP) is 4.48. The minimum absolute atomic E-state index is 0.298. The van der Waals surface area contributed by atoms with E-state index in [1.807, 2.05) is 40.7 Å². The fourth-order valence-electron chi connectivity index (χ4n) is 4.30. The first-order chi connectivity index (χ1) is 14.6. The standard InChI is InChI=1S/C24H40O7/c1-7-8-9-10-11-12-13-14-16(2)21(25)27-19-18(17-15-26-23(3,4)29-17)28-22-20(19)30-24(5,6)31-22/h13-14,16-20,22H,7-12,15H2,1-6H3/b14-13-/t16-,17-,18-,19+,20-,22-/m1/s1. The summed E-state index contributed by atoms with van der Waals surface area (Å²) in [5.41, 5.74) is 0. The Morgan fingerprint density at radius 1 is 1.03 bits per heavy atom. The molecular weight excluding hydrogens is 400 g/mol. The van der Waals surface area contributed by atoms with Gasteiger partial charge in [-0.15, -0.1) is 0 Å². The molecule has 0 aromatic carbocycles. The minimum atomic E-state index is -0.791. The van der Waals surface area contributed by atoms with Crippen molar-refractivity contribution in [3.05, 3.63) is 12.2 Å². The molecule has 178 valence electrons. The maximum Gasteiger partial charge on any atom is 0.312 e. The van der Waals surface area contributed by atoms with Crippen molar-refractivity contribution in [1.29, 1.82) is 0 Å². The number of hydrogen-bond acceptors (Lipinski definition) is 7. The van der Waals surface area contributed by atoms with Crippen molar-refractivity contribution < 1.29 is 33.2 Å². The summed E-state index contributed by atoms with van der Waals surface area (Å²) < 4.78 is 35.6. The van der Waals surface area contributed by atoms with Crippen LogP contribution >= 0.6 is 0 Å². The highest BCUT2D eigenvalue weighted by Crippen LogP contribution is 2.42. The Balaban J connectivity index is 1.57. The van der Waals surface area contributed by atoms with Gasteiger partial charge in [-0.1, -0.05) is 44.8 Å². The number of fused-ring (bicyclic) bond motifs is 1. The molecule has 6 atom stereocenters. The van der Waals surface area contributed by atoms with E-state index in [9.17, 15) is 4.79 Å². The summed E-state index contributed by atoms with van der Waals surface area (Å²) in [5, 5.41) is 0. The van der Waals surface area contributed by atoms with Crippen LogP contribution in [-0.2, 0) is 33.2 Å². The number of carbonyl (C=O) groups excluding carboxylic acids is 1. The third kappa shape index (κ3) is 6.51. The molecule has 7 nitrogen and oxygen atoms in total. The third-order valence-electron chi connectivity index (χ3n) is 5.95. The monoisotopic (exact) mass is 440 g/mol. The first kappa shape index (κ1) is 24.6. The molecule has 0 aromatic heterocycles. The summed E-state index contributed by atoms with van der Waals surface area (Å²) in [7, 11) is 0. The molecule has 0 amide bonds. The summed E-state index contributed by atoms with van der Waals surface area (Å²) in [6, 6.07) is 0. The molecule has 7 heteroatoms. The van der Waals surface area contributed by atoms with Crippen molar-refractivity contribution >= 4 is 5.97 Å². The summed E-state index contributed by atoms with van der Waals surface area (Å²) >= 11 is 0. The fraction of sp³-hybridized carbons (Fsp3) is 0.875. The lowest BCUT2D eigenvalue weighted by Gasteiger charge is -2.29. The van der Waals surface area contributed by atoms with Gasteiger partial charge in [0, 0.05) is 0 Å². The number of carbonyl (C=O) groups is 1. The molecule has 0 bridgehead atoms. The van der Waals surface area contributed by atoms with Crippen LogP contribution in [0.1, 0.15) is 80.1 Å². The maximum absolute atomic E-state index is 12.8. The van der Waals surface area contributed by atoms with Gasteiger partial charge in [-0.3, -0.25) is 4.79 Å². The highest BCUT2D eigenvalue weighted by molar-refractivity contribution is 5.74. The van der Waals surface area contributed by atoms with Gasteiger partial charge in [-0.2, -0.15) is 0 Å².